The second-order valence-corrected chi connectivity index (χ2v) is 8.72. The number of carbonyl (C=O) groups is 2. The maximum Gasteiger partial charge on any atom is 0.295 e. The second kappa shape index (κ2) is 8.93. The molecule has 2 aromatic rings. The number of hydrogen-bond donors (Lipinski definition) is 1. The summed E-state index contributed by atoms with van der Waals surface area (Å²) in [5.41, 5.74) is 1.11. The number of aliphatic hydroxyl groups is 1. The van der Waals surface area contributed by atoms with Crippen LogP contribution in [0.2, 0.25) is 10.0 Å². The average molecular weight is 460 g/mol. The van der Waals surface area contributed by atoms with Gasteiger partial charge in [0.25, 0.3) is 11.7 Å². The Balaban J connectivity index is 1.89. The number of benzene rings is 2. The number of nitrogens with zero attached hydrogens (tertiary/aromatic N) is 1. The van der Waals surface area contributed by atoms with Crippen molar-refractivity contribution in [3.8, 4) is 5.75 Å². The Morgan fingerprint density at radius 1 is 1.03 bits per heavy atom. The molecule has 1 unspecified atom stereocenters. The van der Waals surface area contributed by atoms with Crippen LogP contribution in [0.15, 0.2) is 48.0 Å². The highest BCUT2D eigenvalue weighted by Crippen LogP contribution is 2.44. The molecule has 1 aliphatic carbocycles. The van der Waals surface area contributed by atoms with Crippen molar-refractivity contribution in [3.05, 3.63) is 69.2 Å². The van der Waals surface area contributed by atoms with Gasteiger partial charge in [0.1, 0.15) is 11.5 Å². The molecule has 7 heteroatoms. The molecule has 4 rings (SSSR count). The molecule has 0 bridgehead atoms. The minimum absolute atomic E-state index is 0.0551. The van der Waals surface area contributed by atoms with Crippen LogP contribution in [0.5, 0.6) is 5.75 Å². The molecule has 2 fully saturated rings. The lowest BCUT2D eigenvalue weighted by Crippen LogP contribution is -2.40. The van der Waals surface area contributed by atoms with Crippen LogP contribution in [0.3, 0.4) is 0 Å². The maximum atomic E-state index is 13.2. The first-order valence-electron chi connectivity index (χ1n) is 10.3. The smallest absolute Gasteiger partial charge is 0.295 e. The zero-order valence-corrected chi connectivity index (χ0v) is 18.6. The van der Waals surface area contributed by atoms with Gasteiger partial charge in [-0.3, -0.25) is 9.59 Å². The van der Waals surface area contributed by atoms with Gasteiger partial charge in [0, 0.05) is 11.6 Å². The Hall–Kier alpha value is -2.50. The van der Waals surface area contributed by atoms with E-state index in [-0.39, 0.29) is 22.4 Å². The zero-order valence-electron chi connectivity index (χ0n) is 17.1. The SMILES string of the molecule is COc1cccc(C2/C(=C(/O)c3ccc(Cl)c(Cl)c3)C(=O)C(=O)N2C2CCCCC2)c1. The highest BCUT2D eigenvalue weighted by Gasteiger charge is 2.49. The maximum absolute atomic E-state index is 13.2. The van der Waals surface area contributed by atoms with Crippen LogP contribution in [0.25, 0.3) is 5.76 Å². The number of amides is 1. The van der Waals surface area contributed by atoms with E-state index in [0.717, 1.165) is 32.1 Å². The molecular formula is C24H23Cl2NO4. The predicted molar refractivity (Wildman–Crippen MR) is 120 cm³/mol. The van der Waals surface area contributed by atoms with E-state index in [1.54, 1.807) is 36.3 Å². The molecule has 2 aromatic carbocycles. The highest BCUT2D eigenvalue weighted by atomic mass is 35.5. The van der Waals surface area contributed by atoms with Crippen LogP contribution in [0.1, 0.15) is 49.3 Å². The van der Waals surface area contributed by atoms with Crippen molar-refractivity contribution in [2.45, 2.75) is 44.2 Å². The fourth-order valence-electron chi connectivity index (χ4n) is 4.52. The molecule has 1 amide bonds. The van der Waals surface area contributed by atoms with Crippen molar-refractivity contribution in [1.82, 2.24) is 4.90 Å². The van der Waals surface area contributed by atoms with E-state index < -0.39 is 17.7 Å². The summed E-state index contributed by atoms with van der Waals surface area (Å²) in [5.74, 6) is -0.924. The Labute approximate surface area is 191 Å². The normalized spacial score (nSPS) is 21.5. The lowest BCUT2D eigenvalue weighted by Gasteiger charge is -2.35. The van der Waals surface area contributed by atoms with E-state index >= 15 is 0 Å². The van der Waals surface area contributed by atoms with Crippen molar-refractivity contribution in [3.63, 3.8) is 0 Å². The summed E-state index contributed by atoms with van der Waals surface area (Å²) in [6.07, 6.45) is 4.80. The number of ketones is 1. The fraction of sp³-hybridized carbons (Fsp3) is 0.333. The van der Waals surface area contributed by atoms with Gasteiger partial charge >= 0.3 is 0 Å². The van der Waals surface area contributed by atoms with Gasteiger partial charge in [-0.05, 0) is 48.7 Å². The average Bonchev–Trinajstić information content (AvgIpc) is 3.06. The van der Waals surface area contributed by atoms with Gasteiger partial charge in [-0.25, -0.2) is 0 Å². The highest BCUT2D eigenvalue weighted by molar-refractivity contribution is 6.47. The molecule has 162 valence electrons. The summed E-state index contributed by atoms with van der Waals surface area (Å²) in [5, 5.41) is 11.7. The van der Waals surface area contributed by atoms with Crippen LogP contribution < -0.4 is 4.74 Å². The first kappa shape index (κ1) is 21.7. The predicted octanol–water partition coefficient (Wildman–Crippen LogP) is 5.76. The first-order valence-corrected chi connectivity index (χ1v) is 11.1. The summed E-state index contributed by atoms with van der Waals surface area (Å²) in [6.45, 7) is 0. The molecule has 1 atom stereocenters. The molecular weight excluding hydrogens is 437 g/mol. The summed E-state index contributed by atoms with van der Waals surface area (Å²) >= 11 is 12.1. The number of likely N-dealkylation sites (tertiary alicyclic amines) is 1. The van der Waals surface area contributed by atoms with Gasteiger partial charge in [-0.2, -0.15) is 0 Å². The largest absolute Gasteiger partial charge is 0.507 e. The first-order chi connectivity index (χ1) is 14.9. The van der Waals surface area contributed by atoms with Crippen LogP contribution in [0.4, 0.5) is 0 Å². The van der Waals surface area contributed by atoms with Gasteiger partial charge in [0.05, 0.1) is 28.8 Å². The second-order valence-electron chi connectivity index (χ2n) is 7.90. The molecule has 0 spiro atoms. The Bertz CT molecular complexity index is 1060. The fourth-order valence-corrected chi connectivity index (χ4v) is 4.82. The molecule has 2 aliphatic rings. The van der Waals surface area contributed by atoms with Crippen molar-refractivity contribution in [2.75, 3.05) is 7.11 Å². The van der Waals surface area contributed by atoms with E-state index in [1.807, 2.05) is 12.1 Å². The number of carbonyl (C=O) groups excluding carboxylic acids is 2. The van der Waals surface area contributed by atoms with E-state index in [2.05, 4.69) is 0 Å². The lowest BCUT2D eigenvalue weighted by molar-refractivity contribution is -0.141. The van der Waals surface area contributed by atoms with Crippen LogP contribution in [-0.2, 0) is 9.59 Å². The number of rotatable bonds is 4. The molecule has 1 aliphatic heterocycles. The molecule has 1 N–H and O–H groups in total. The standard InChI is InChI=1S/C24H23Cl2NO4/c1-31-17-9-5-6-14(12-17)21-20(22(28)15-10-11-18(25)19(26)13-15)23(29)24(30)27(21)16-7-3-2-4-8-16/h5-6,9-13,16,21,28H,2-4,7-8H2,1H3/b22-20-. The molecule has 1 saturated heterocycles. The number of methoxy groups -OCH3 is 1. The van der Waals surface area contributed by atoms with Crippen molar-refractivity contribution in [2.24, 2.45) is 0 Å². The minimum atomic E-state index is -0.701. The Morgan fingerprint density at radius 2 is 1.77 bits per heavy atom. The van der Waals surface area contributed by atoms with Gasteiger partial charge in [-0.1, -0.05) is 54.6 Å². The summed E-state index contributed by atoms with van der Waals surface area (Å²) in [4.78, 5) is 28.0. The Morgan fingerprint density at radius 3 is 2.45 bits per heavy atom. The molecule has 1 heterocycles. The third kappa shape index (κ3) is 4.04. The molecule has 5 nitrogen and oxygen atoms in total. The summed E-state index contributed by atoms with van der Waals surface area (Å²) in [6, 6.07) is 11.1. The van der Waals surface area contributed by atoms with E-state index in [1.165, 1.54) is 6.07 Å². The zero-order chi connectivity index (χ0) is 22.1. The number of aliphatic hydroxyl groups excluding tert-OH is 1. The van der Waals surface area contributed by atoms with Crippen molar-refractivity contribution >= 4 is 40.7 Å². The quantitative estimate of drug-likeness (QED) is 0.358. The molecule has 1 saturated carbocycles. The van der Waals surface area contributed by atoms with Crippen LogP contribution in [-0.4, -0.2) is 34.8 Å². The number of halogens is 2. The van der Waals surface area contributed by atoms with Crippen LogP contribution in [0, 0.1) is 0 Å². The van der Waals surface area contributed by atoms with Gasteiger partial charge < -0.3 is 14.7 Å². The monoisotopic (exact) mass is 459 g/mol. The number of Topliss-reactive ketones (excluding diaryl/α,β-unsaturated/α-hetero) is 1. The van der Waals surface area contributed by atoms with Crippen molar-refractivity contribution in [1.29, 1.82) is 0 Å². The van der Waals surface area contributed by atoms with E-state index in [9.17, 15) is 14.7 Å². The molecule has 31 heavy (non-hydrogen) atoms. The number of ether oxygens (including phenoxy) is 1. The van der Waals surface area contributed by atoms with Gasteiger partial charge in [0.15, 0.2) is 0 Å². The van der Waals surface area contributed by atoms with E-state index in [0.29, 0.717) is 21.9 Å². The third-order valence-electron chi connectivity index (χ3n) is 6.05. The van der Waals surface area contributed by atoms with Gasteiger partial charge in [-0.15, -0.1) is 0 Å². The van der Waals surface area contributed by atoms with E-state index in [4.69, 9.17) is 27.9 Å². The molecule has 0 radical (unpaired) electrons. The number of hydrogen-bond acceptors (Lipinski definition) is 4. The molecule has 0 aromatic heterocycles. The summed E-state index contributed by atoms with van der Waals surface area (Å²) < 4.78 is 5.36. The van der Waals surface area contributed by atoms with Crippen molar-refractivity contribution < 1.29 is 19.4 Å². The lowest BCUT2D eigenvalue weighted by atomic mass is 9.91. The topological polar surface area (TPSA) is 66.8 Å². The summed E-state index contributed by atoms with van der Waals surface area (Å²) in [7, 11) is 1.56. The van der Waals surface area contributed by atoms with Crippen LogP contribution >= 0.6 is 23.2 Å². The minimum Gasteiger partial charge on any atom is -0.507 e. The van der Waals surface area contributed by atoms with Gasteiger partial charge in [0.2, 0.25) is 0 Å². The Kier molecular flexibility index (Phi) is 6.26. The third-order valence-corrected chi connectivity index (χ3v) is 6.79.